The summed E-state index contributed by atoms with van der Waals surface area (Å²) in [6.45, 7) is 8.42. The zero-order valence-corrected chi connectivity index (χ0v) is 22.6. The highest BCUT2D eigenvalue weighted by Gasteiger charge is 2.30. The number of non-ortho nitro benzene ring substituents is 1. The quantitative estimate of drug-likeness (QED) is 0.311. The first-order chi connectivity index (χ1) is 18.0. The van der Waals surface area contributed by atoms with Gasteiger partial charge in [-0.25, -0.2) is 13.1 Å². The number of nitrogens with zero attached hydrogens (tertiary/aromatic N) is 4. The van der Waals surface area contributed by atoms with E-state index in [2.05, 4.69) is 9.82 Å². The van der Waals surface area contributed by atoms with Crippen LogP contribution in [0.25, 0.3) is 5.69 Å². The Morgan fingerprint density at radius 3 is 2.42 bits per heavy atom. The van der Waals surface area contributed by atoms with Gasteiger partial charge < -0.3 is 9.64 Å². The molecule has 2 heterocycles. The highest BCUT2D eigenvalue weighted by Crippen LogP contribution is 2.36. The summed E-state index contributed by atoms with van der Waals surface area (Å²) in [6.07, 6.45) is 2.35. The van der Waals surface area contributed by atoms with Gasteiger partial charge in [0, 0.05) is 36.8 Å². The second-order valence-electron chi connectivity index (χ2n) is 9.45. The maximum absolute atomic E-state index is 13.3. The molecule has 1 aliphatic rings. The number of hydrogen-bond donors (Lipinski definition) is 1. The van der Waals surface area contributed by atoms with Gasteiger partial charge in [-0.15, -0.1) is 0 Å². The van der Waals surface area contributed by atoms with Crippen LogP contribution >= 0.6 is 0 Å². The van der Waals surface area contributed by atoms with Gasteiger partial charge in [0.2, 0.25) is 15.9 Å². The molecule has 1 fully saturated rings. The lowest BCUT2D eigenvalue weighted by molar-refractivity contribution is -0.385. The van der Waals surface area contributed by atoms with Crippen molar-refractivity contribution in [1.29, 1.82) is 0 Å². The third kappa shape index (κ3) is 5.55. The van der Waals surface area contributed by atoms with Crippen molar-refractivity contribution in [3.63, 3.8) is 0 Å². The van der Waals surface area contributed by atoms with Crippen LogP contribution in [-0.2, 0) is 10.0 Å². The van der Waals surface area contributed by atoms with Crippen LogP contribution in [0.4, 0.5) is 5.69 Å². The van der Waals surface area contributed by atoms with Crippen molar-refractivity contribution < 1.29 is 22.9 Å². The van der Waals surface area contributed by atoms with E-state index in [0.29, 0.717) is 30.8 Å². The number of nitro groups is 1. The number of nitro benzene ring substituents is 1. The Balaban J connectivity index is 1.86. The zero-order chi connectivity index (χ0) is 27.6. The molecule has 202 valence electrons. The maximum atomic E-state index is 13.3. The van der Waals surface area contributed by atoms with Gasteiger partial charge >= 0.3 is 0 Å². The highest BCUT2D eigenvalue weighted by atomic mass is 32.2. The van der Waals surface area contributed by atoms with E-state index in [1.165, 1.54) is 16.8 Å². The number of aryl methyl sites for hydroxylation is 1. The number of benzene rings is 2. The molecule has 1 aromatic heterocycles. The molecule has 1 amide bonds. The fourth-order valence-electron chi connectivity index (χ4n) is 4.15. The molecule has 1 unspecified atom stereocenters. The Kier molecular flexibility index (Phi) is 7.83. The molecule has 0 aliphatic carbocycles. The molecule has 1 aliphatic heterocycles. The number of carbonyl (C=O) groups is 1. The molecular formula is C26H31N5O6S. The number of ether oxygens (including phenoxy) is 1. The second-order valence-corrected chi connectivity index (χ2v) is 11.1. The standard InChI is InChI=1S/C26H31N5O6S/c1-5-18(3)28-38(35,36)23-16-21(31(33)34)12-13-22(23)37-26-19(4)24(25(32)29-14-6-7-15-29)27-30(26)20-10-8-17(2)9-11-20/h8-13,16,18,28H,5-7,14-15H2,1-4H3. The molecule has 0 spiro atoms. The molecule has 3 aromatic rings. The van der Waals surface area contributed by atoms with Gasteiger partial charge in [0.05, 0.1) is 10.6 Å². The van der Waals surface area contributed by atoms with Crippen LogP contribution in [0.5, 0.6) is 11.6 Å². The molecule has 1 saturated heterocycles. The smallest absolute Gasteiger partial charge is 0.274 e. The molecule has 0 saturated carbocycles. The van der Waals surface area contributed by atoms with Crippen molar-refractivity contribution >= 4 is 21.6 Å². The molecule has 11 nitrogen and oxygen atoms in total. The van der Waals surface area contributed by atoms with Crippen molar-refractivity contribution in [3.05, 3.63) is 69.4 Å². The molecule has 2 aromatic carbocycles. The van der Waals surface area contributed by atoms with E-state index in [1.54, 1.807) is 18.7 Å². The lowest BCUT2D eigenvalue weighted by atomic mass is 10.2. The van der Waals surface area contributed by atoms with Gasteiger partial charge in [-0.3, -0.25) is 14.9 Å². The molecule has 1 atom stereocenters. The lowest BCUT2D eigenvalue weighted by Crippen LogP contribution is -2.32. The predicted molar refractivity (Wildman–Crippen MR) is 141 cm³/mol. The molecule has 4 rings (SSSR count). The number of carbonyl (C=O) groups excluding carboxylic acids is 1. The van der Waals surface area contributed by atoms with Crippen LogP contribution in [0.3, 0.4) is 0 Å². The van der Waals surface area contributed by atoms with Gasteiger partial charge in [0.1, 0.15) is 10.6 Å². The number of likely N-dealkylation sites (tertiary alicyclic amines) is 1. The number of rotatable bonds is 9. The number of nitrogens with one attached hydrogen (secondary N) is 1. The summed E-state index contributed by atoms with van der Waals surface area (Å²) >= 11 is 0. The minimum absolute atomic E-state index is 0.122. The Morgan fingerprint density at radius 2 is 1.82 bits per heavy atom. The van der Waals surface area contributed by atoms with E-state index in [-0.39, 0.29) is 28.1 Å². The summed E-state index contributed by atoms with van der Waals surface area (Å²) in [6, 6.07) is 10.4. The zero-order valence-electron chi connectivity index (χ0n) is 21.8. The highest BCUT2D eigenvalue weighted by molar-refractivity contribution is 7.89. The van der Waals surface area contributed by atoms with E-state index < -0.39 is 26.7 Å². The molecule has 0 bridgehead atoms. The average Bonchev–Trinajstić information content (AvgIpc) is 3.53. The molecule has 38 heavy (non-hydrogen) atoms. The van der Waals surface area contributed by atoms with Crippen molar-refractivity contribution in [2.45, 2.75) is 57.9 Å². The van der Waals surface area contributed by atoms with Gasteiger partial charge in [0.25, 0.3) is 11.6 Å². The molecule has 0 radical (unpaired) electrons. The first-order valence-electron chi connectivity index (χ1n) is 12.5. The monoisotopic (exact) mass is 541 g/mol. The predicted octanol–water partition coefficient (Wildman–Crippen LogP) is 4.50. The molecule has 1 N–H and O–H groups in total. The van der Waals surface area contributed by atoms with Crippen LogP contribution in [0.1, 0.15) is 54.7 Å². The minimum Gasteiger partial charge on any atom is -0.437 e. The summed E-state index contributed by atoms with van der Waals surface area (Å²) in [4.78, 5) is 25.4. The van der Waals surface area contributed by atoms with E-state index >= 15 is 0 Å². The number of hydrogen-bond acceptors (Lipinski definition) is 7. The number of sulfonamides is 1. The SMILES string of the molecule is CCC(C)NS(=O)(=O)c1cc([N+](=O)[O-])ccc1Oc1c(C)c(C(=O)N2CCCC2)nn1-c1ccc(C)cc1. The Labute approximate surface area is 221 Å². The maximum Gasteiger partial charge on any atom is 0.274 e. The van der Waals surface area contributed by atoms with Gasteiger partial charge in [-0.05, 0) is 58.2 Å². The minimum atomic E-state index is -4.18. The van der Waals surface area contributed by atoms with Crippen LogP contribution in [0.15, 0.2) is 47.4 Å². The van der Waals surface area contributed by atoms with Crippen LogP contribution in [0, 0.1) is 24.0 Å². The third-order valence-electron chi connectivity index (χ3n) is 6.55. The first-order valence-corrected chi connectivity index (χ1v) is 13.9. The summed E-state index contributed by atoms with van der Waals surface area (Å²) in [5.41, 5.74) is 1.87. The fraction of sp³-hybridized carbons (Fsp3) is 0.385. The summed E-state index contributed by atoms with van der Waals surface area (Å²) in [7, 11) is -4.18. The van der Waals surface area contributed by atoms with Gasteiger partial charge in [-0.1, -0.05) is 24.6 Å². The second kappa shape index (κ2) is 10.9. The Morgan fingerprint density at radius 1 is 1.16 bits per heavy atom. The fourth-order valence-corrected chi connectivity index (χ4v) is 5.63. The Hall–Kier alpha value is -3.77. The third-order valence-corrected chi connectivity index (χ3v) is 8.16. The summed E-state index contributed by atoms with van der Waals surface area (Å²) in [5.74, 6) is -0.209. The van der Waals surface area contributed by atoms with Crippen LogP contribution in [0.2, 0.25) is 0 Å². The van der Waals surface area contributed by atoms with Gasteiger partial charge in [-0.2, -0.15) is 9.78 Å². The van der Waals surface area contributed by atoms with E-state index in [1.807, 2.05) is 38.1 Å². The molecular weight excluding hydrogens is 510 g/mol. The van der Waals surface area contributed by atoms with E-state index in [0.717, 1.165) is 24.5 Å². The van der Waals surface area contributed by atoms with Crippen molar-refractivity contribution in [3.8, 4) is 17.3 Å². The lowest BCUT2D eigenvalue weighted by Gasteiger charge is -2.16. The van der Waals surface area contributed by atoms with Crippen LogP contribution < -0.4 is 9.46 Å². The summed E-state index contributed by atoms with van der Waals surface area (Å²) < 4.78 is 36.7. The van der Waals surface area contributed by atoms with E-state index in [4.69, 9.17) is 4.74 Å². The topological polar surface area (TPSA) is 137 Å². The largest absolute Gasteiger partial charge is 0.437 e. The number of amides is 1. The first kappa shape index (κ1) is 27.3. The van der Waals surface area contributed by atoms with Crippen molar-refractivity contribution in [2.75, 3.05) is 13.1 Å². The van der Waals surface area contributed by atoms with Crippen LogP contribution in [-0.4, -0.2) is 53.1 Å². The normalized spacial score (nSPS) is 14.5. The van der Waals surface area contributed by atoms with Crippen molar-refractivity contribution in [1.82, 2.24) is 19.4 Å². The Bertz CT molecular complexity index is 1460. The van der Waals surface area contributed by atoms with E-state index in [9.17, 15) is 23.3 Å². The average molecular weight is 542 g/mol. The van der Waals surface area contributed by atoms with Crippen molar-refractivity contribution in [2.24, 2.45) is 0 Å². The van der Waals surface area contributed by atoms with Gasteiger partial charge in [0.15, 0.2) is 5.69 Å². The summed E-state index contributed by atoms with van der Waals surface area (Å²) in [5, 5.41) is 16.0. The number of aromatic nitrogens is 2. The molecule has 12 heteroatoms.